The van der Waals surface area contributed by atoms with Gasteiger partial charge in [0.05, 0.1) is 7.11 Å². The minimum atomic E-state index is -1.14. The van der Waals surface area contributed by atoms with Gasteiger partial charge in [-0.1, -0.05) is 24.6 Å². The Bertz CT molecular complexity index is 1110. The maximum absolute atomic E-state index is 13.5. The Morgan fingerprint density at radius 1 is 1.03 bits per heavy atom. The van der Waals surface area contributed by atoms with Crippen LogP contribution in [0.1, 0.15) is 50.4 Å². The number of amides is 3. The fourth-order valence-electron chi connectivity index (χ4n) is 3.26. The van der Waals surface area contributed by atoms with E-state index in [1.54, 1.807) is 58.2 Å². The van der Waals surface area contributed by atoms with Crippen molar-refractivity contribution >= 4 is 23.6 Å². The van der Waals surface area contributed by atoms with Crippen LogP contribution >= 0.6 is 0 Å². The molecule has 2 atom stereocenters. The predicted molar refractivity (Wildman–Crippen MR) is 135 cm³/mol. The van der Waals surface area contributed by atoms with Crippen LogP contribution in [0.15, 0.2) is 42.5 Å². The summed E-state index contributed by atoms with van der Waals surface area (Å²) >= 11 is 0. The van der Waals surface area contributed by atoms with Gasteiger partial charge in [0, 0.05) is 11.7 Å². The van der Waals surface area contributed by atoms with Crippen LogP contribution in [0, 0.1) is 26.3 Å². The molecule has 0 saturated carbocycles. The van der Waals surface area contributed by atoms with Crippen molar-refractivity contribution in [3.05, 3.63) is 59.2 Å². The smallest absolute Gasteiger partial charge is 0.408 e. The molecule has 35 heavy (non-hydrogen) atoms. The summed E-state index contributed by atoms with van der Waals surface area (Å²) in [6, 6.07) is 12.4. The largest absolute Gasteiger partial charge is 0.497 e. The lowest BCUT2D eigenvalue weighted by molar-refractivity contribution is -0.136. The topological polar surface area (TPSA) is 97.0 Å². The monoisotopic (exact) mass is 479 g/mol. The third-order valence-corrected chi connectivity index (χ3v) is 5.19. The van der Waals surface area contributed by atoms with Crippen LogP contribution in [0.3, 0.4) is 0 Å². The molecule has 0 saturated heterocycles. The number of alkyl carbamates (subject to hydrolysis) is 1. The number of hydrogen-bond donors (Lipinski definition) is 2. The van der Waals surface area contributed by atoms with Crippen molar-refractivity contribution in [2.45, 2.75) is 59.2 Å². The summed E-state index contributed by atoms with van der Waals surface area (Å²) in [7, 11) is 1.55. The van der Waals surface area contributed by atoms with E-state index >= 15 is 0 Å². The molecule has 2 unspecified atom stereocenters. The predicted octanol–water partition coefficient (Wildman–Crippen LogP) is 4.32. The number of nitrogens with one attached hydrogen (secondary N) is 2. The van der Waals surface area contributed by atoms with Gasteiger partial charge in [0.15, 0.2) is 0 Å². The molecule has 0 aromatic heterocycles. The summed E-state index contributed by atoms with van der Waals surface area (Å²) in [4.78, 5) is 39.9. The van der Waals surface area contributed by atoms with Gasteiger partial charge in [0.25, 0.3) is 11.8 Å². The maximum Gasteiger partial charge on any atom is 0.408 e. The molecule has 8 nitrogen and oxygen atoms in total. The highest BCUT2D eigenvalue weighted by molar-refractivity contribution is 5.99. The lowest BCUT2D eigenvalue weighted by Crippen LogP contribution is -2.49. The number of carbonyl (C=O) groups excluding carboxylic acids is 3. The van der Waals surface area contributed by atoms with Crippen LogP contribution in [-0.4, -0.2) is 41.6 Å². The van der Waals surface area contributed by atoms with Gasteiger partial charge in [0.1, 0.15) is 23.4 Å². The molecular formula is C27H33N3O5. The fraction of sp³-hybridized carbons (Fsp3) is 0.370. The number of aryl methyl sites for hydroxylation is 2. The van der Waals surface area contributed by atoms with Gasteiger partial charge < -0.3 is 20.1 Å². The number of terminal acetylenes is 1. The van der Waals surface area contributed by atoms with Gasteiger partial charge in [-0.2, -0.15) is 0 Å². The first-order chi connectivity index (χ1) is 16.4. The summed E-state index contributed by atoms with van der Waals surface area (Å²) in [5.41, 5.74) is 2.28. The molecule has 0 fully saturated rings. The third kappa shape index (κ3) is 7.51. The van der Waals surface area contributed by atoms with E-state index in [0.29, 0.717) is 17.0 Å². The minimum Gasteiger partial charge on any atom is -0.497 e. The molecule has 0 radical (unpaired) electrons. The fourth-order valence-corrected chi connectivity index (χ4v) is 3.26. The molecule has 2 rings (SSSR count). The maximum atomic E-state index is 13.5. The number of carbonyl (C=O) groups is 3. The molecule has 0 bridgehead atoms. The molecule has 0 spiro atoms. The number of benzene rings is 2. The van der Waals surface area contributed by atoms with Crippen molar-refractivity contribution in [3.63, 3.8) is 0 Å². The number of anilines is 1. The molecule has 186 valence electrons. The van der Waals surface area contributed by atoms with Crippen LogP contribution in [-0.2, 0) is 14.3 Å². The van der Waals surface area contributed by atoms with E-state index in [0.717, 1.165) is 16.0 Å². The molecule has 3 amide bonds. The Morgan fingerprint density at radius 3 is 2.17 bits per heavy atom. The number of hydrogen-bond acceptors (Lipinski definition) is 5. The van der Waals surface area contributed by atoms with Gasteiger partial charge in [-0.3, -0.25) is 14.5 Å². The van der Waals surface area contributed by atoms with Crippen LogP contribution in [0.25, 0.3) is 0 Å². The molecule has 0 heterocycles. The van der Waals surface area contributed by atoms with Gasteiger partial charge in [-0.05, 0) is 82.5 Å². The molecule has 2 aromatic rings. The van der Waals surface area contributed by atoms with E-state index in [9.17, 15) is 14.4 Å². The second-order valence-corrected chi connectivity index (χ2v) is 9.17. The average Bonchev–Trinajstić information content (AvgIpc) is 2.78. The zero-order chi connectivity index (χ0) is 26.3. The first-order valence-electron chi connectivity index (χ1n) is 11.2. The van der Waals surface area contributed by atoms with E-state index in [-0.39, 0.29) is 0 Å². The third-order valence-electron chi connectivity index (χ3n) is 5.19. The van der Waals surface area contributed by atoms with Crippen molar-refractivity contribution in [3.8, 4) is 18.2 Å². The van der Waals surface area contributed by atoms with Crippen LogP contribution in [0.5, 0.6) is 5.75 Å². The van der Waals surface area contributed by atoms with Gasteiger partial charge >= 0.3 is 6.09 Å². The zero-order valence-corrected chi connectivity index (χ0v) is 21.3. The molecular weight excluding hydrogens is 446 g/mol. The van der Waals surface area contributed by atoms with E-state index in [4.69, 9.17) is 15.9 Å². The lowest BCUT2D eigenvalue weighted by atomic mass is 9.98. The van der Waals surface area contributed by atoms with Crippen molar-refractivity contribution in [2.24, 2.45) is 0 Å². The van der Waals surface area contributed by atoms with Crippen molar-refractivity contribution in [2.75, 3.05) is 12.4 Å². The number of methoxy groups -OCH3 is 1. The van der Waals surface area contributed by atoms with Gasteiger partial charge in [0.2, 0.25) is 0 Å². The number of nitrogens with zero attached hydrogens (tertiary/aromatic N) is 1. The quantitative estimate of drug-likeness (QED) is 0.455. The molecule has 0 aliphatic rings. The normalized spacial score (nSPS) is 12.5. The van der Waals surface area contributed by atoms with Crippen molar-refractivity contribution in [1.82, 2.24) is 10.2 Å². The van der Waals surface area contributed by atoms with Crippen LogP contribution in [0.4, 0.5) is 10.5 Å². The first-order valence-corrected chi connectivity index (χ1v) is 11.2. The Labute approximate surface area is 207 Å². The highest BCUT2D eigenvalue weighted by atomic mass is 16.6. The molecule has 2 N–H and O–H groups in total. The van der Waals surface area contributed by atoms with Gasteiger partial charge in [-0.25, -0.2) is 4.79 Å². The lowest BCUT2D eigenvalue weighted by Gasteiger charge is -2.29. The van der Waals surface area contributed by atoms with E-state index in [1.165, 1.54) is 6.92 Å². The molecule has 8 heteroatoms. The molecule has 2 aromatic carbocycles. The Kier molecular flexibility index (Phi) is 8.90. The zero-order valence-electron chi connectivity index (χ0n) is 21.3. The van der Waals surface area contributed by atoms with E-state index in [1.807, 2.05) is 26.0 Å². The van der Waals surface area contributed by atoms with Gasteiger partial charge in [-0.15, -0.1) is 0 Å². The van der Waals surface area contributed by atoms with Crippen LogP contribution < -0.4 is 15.4 Å². The standard InChI is InChI=1S/C27H33N3O5/c1-9-30(25(32)19(4)28-26(33)35-27(5,6)7)23(20-11-10-17(2)18(3)16-20)24(31)29-21-12-14-22(34-8)15-13-21/h1,10-16,19,23H,2-8H3,(H,28,33)(H,29,31). The number of ether oxygens (including phenoxy) is 2. The van der Waals surface area contributed by atoms with Crippen molar-refractivity contribution in [1.29, 1.82) is 0 Å². The Hall–Kier alpha value is -3.99. The number of rotatable bonds is 7. The minimum absolute atomic E-state index is 0.505. The molecule has 0 aliphatic heterocycles. The molecule has 0 aliphatic carbocycles. The summed E-state index contributed by atoms with van der Waals surface area (Å²) in [6.07, 6.45) is 4.97. The highest BCUT2D eigenvalue weighted by Crippen LogP contribution is 2.26. The summed E-state index contributed by atoms with van der Waals surface area (Å²) in [6.45, 7) is 10.5. The summed E-state index contributed by atoms with van der Waals surface area (Å²) < 4.78 is 10.4. The van der Waals surface area contributed by atoms with Crippen LogP contribution in [0.2, 0.25) is 0 Å². The Morgan fingerprint density at radius 2 is 1.66 bits per heavy atom. The SMILES string of the molecule is C#CN(C(=O)C(C)NC(=O)OC(C)(C)C)C(C(=O)Nc1ccc(OC)cc1)c1ccc(C)c(C)c1. The van der Waals surface area contributed by atoms with E-state index < -0.39 is 35.6 Å². The summed E-state index contributed by atoms with van der Waals surface area (Å²) in [5, 5.41) is 5.30. The second kappa shape index (κ2) is 11.4. The highest BCUT2D eigenvalue weighted by Gasteiger charge is 2.34. The second-order valence-electron chi connectivity index (χ2n) is 9.17. The average molecular weight is 480 g/mol. The summed E-state index contributed by atoms with van der Waals surface area (Å²) in [5.74, 6) is -0.503. The van der Waals surface area contributed by atoms with E-state index in [2.05, 4.69) is 16.7 Å². The first kappa shape index (κ1) is 27.3. The Balaban J connectivity index is 2.38. The van der Waals surface area contributed by atoms with Crippen molar-refractivity contribution < 1.29 is 23.9 Å².